The fourth-order valence-corrected chi connectivity index (χ4v) is 4.12. The number of aromatic nitrogens is 3. The fourth-order valence-electron chi connectivity index (χ4n) is 4.12. The number of hydrogen-bond acceptors (Lipinski definition) is 5. The van der Waals surface area contributed by atoms with Gasteiger partial charge in [-0.05, 0) is 37.1 Å². The molecule has 0 aliphatic carbocycles. The number of ether oxygens (including phenoxy) is 2. The van der Waals surface area contributed by atoms with Crippen LogP contribution in [0.15, 0.2) is 53.3 Å². The van der Waals surface area contributed by atoms with Crippen LogP contribution < -0.4 is 20.5 Å². The van der Waals surface area contributed by atoms with Gasteiger partial charge in [0.1, 0.15) is 5.82 Å². The van der Waals surface area contributed by atoms with E-state index in [1.807, 2.05) is 30.3 Å². The number of carbonyl (C=O) groups is 1. The summed E-state index contributed by atoms with van der Waals surface area (Å²) in [5.41, 5.74) is 1.23. The van der Waals surface area contributed by atoms with Gasteiger partial charge in [-0.2, -0.15) is 5.10 Å². The summed E-state index contributed by atoms with van der Waals surface area (Å²) in [6.45, 7) is 1.32. The minimum absolute atomic E-state index is 0.0367. The molecule has 0 radical (unpaired) electrons. The largest absolute Gasteiger partial charge is 0.454 e. The molecule has 9 nitrogen and oxygen atoms in total. The van der Waals surface area contributed by atoms with E-state index in [-0.39, 0.29) is 24.4 Å². The minimum Gasteiger partial charge on any atom is -0.454 e. The number of amides is 2. The van der Waals surface area contributed by atoms with Gasteiger partial charge in [0.05, 0.1) is 5.69 Å². The Morgan fingerprint density at radius 2 is 1.94 bits per heavy atom. The number of rotatable bonds is 3. The monoisotopic (exact) mass is 421 g/mol. The van der Waals surface area contributed by atoms with Crippen molar-refractivity contribution in [1.82, 2.24) is 19.2 Å². The van der Waals surface area contributed by atoms with Crippen molar-refractivity contribution in [2.45, 2.75) is 18.8 Å². The highest BCUT2D eigenvalue weighted by atomic mass is 16.7. The maximum atomic E-state index is 12.9. The van der Waals surface area contributed by atoms with Crippen LogP contribution in [0.4, 0.5) is 10.5 Å². The van der Waals surface area contributed by atoms with E-state index in [0.717, 1.165) is 18.5 Å². The molecule has 5 rings (SSSR count). The molecule has 1 saturated heterocycles. The lowest BCUT2D eigenvalue weighted by molar-refractivity contribution is 0.174. The van der Waals surface area contributed by atoms with E-state index in [4.69, 9.17) is 9.47 Å². The molecule has 1 unspecified atom stereocenters. The summed E-state index contributed by atoms with van der Waals surface area (Å²) >= 11 is 0. The highest BCUT2D eigenvalue weighted by Crippen LogP contribution is 2.34. The molecule has 3 aromatic rings. The van der Waals surface area contributed by atoms with Gasteiger partial charge in [0.15, 0.2) is 11.5 Å². The van der Waals surface area contributed by atoms with E-state index in [0.29, 0.717) is 36.1 Å². The van der Waals surface area contributed by atoms with Gasteiger partial charge in [0.25, 0.3) is 0 Å². The number of benzene rings is 2. The number of nitrogens with zero attached hydrogens (tertiary/aromatic N) is 4. The zero-order chi connectivity index (χ0) is 21.4. The molecule has 1 N–H and O–H groups in total. The number of likely N-dealkylation sites (tertiary alicyclic amines) is 1. The van der Waals surface area contributed by atoms with Crippen LogP contribution in [0, 0.1) is 0 Å². The SMILES string of the molecule is Cn1nc(C2CCCN(C(=O)Nc3ccc4c(c3)OCO4)C2)n(-c2ccccc2)c1=O. The summed E-state index contributed by atoms with van der Waals surface area (Å²) in [5.74, 6) is 1.93. The molecule has 2 aliphatic heterocycles. The van der Waals surface area contributed by atoms with Gasteiger partial charge in [0.2, 0.25) is 6.79 Å². The van der Waals surface area contributed by atoms with Gasteiger partial charge in [-0.25, -0.2) is 18.8 Å². The lowest BCUT2D eigenvalue weighted by Crippen LogP contribution is -2.42. The average molecular weight is 421 g/mol. The highest BCUT2D eigenvalue weighted by Gasteiger charge is 2.30. The fraction of sp³-hybridized carbons (Fsp3) is 0.318. The van der Waals surface area contributed by atoms with Crippen molar-refractivity contribution < 1.29 is 14.3 Å². The number of aryl methyl sites for hydroxylation is 1. The summed E-state index contributed by atoms with van der Waals surface area (Å²) in [7, 11) is 1.65. The molecule has 0 saturated carbocycles. The molecule has 9 heteroatoms. The van der Waals surface area contributed by atoms with Crippen molar-refractivity contribution in [2.75, 3.05) is 25.2 Å². The highest BCUT2D eigenvalue weighted by molar-refractivity contribution is 5.89. The topological polar surface area (TPSA) is 90.6 Å². The molecule has 31 heavy (non-hydrogen) atoms. The first-order valence-electron chi connectivity index (χ1n) is 10.3. The molecule has 3 heterocycles. The Hall–Kier alpha value is -3.75. The van der Waals surface area contributed by atoms with Crippen molar-refractivity contribution in [1.29, 1.82) is 0 Å². The maximum Gasteiger partial charge on any atom is 0.350 e. The molecule has 160 valence electrons. The summed E-state index contributed by atoms with van der Waals surface area (Å²) in [5, 5.41) is 7.44. The zero-order valence-corrected chi connectivity index (χ0v) is 17.2. The Balaban J connectivity index is 1.36. The first-order valence-corrected chi connectivity index (χ1v) is 10.3. The van der Waals surface area contributed by atoms with Crippen molar-refractivity contribution in [3.63, 3.8) is 0 Å². The first-order chi connectivity index (χ1) is 15.1. The Morgan fingerprint density at radius 3 is 2.77 bits per heavy atom. The van der Waals surface area contributed by atoms with Crippen molar-refractivity contribution in [2.24, 2.45) is 7.05 Å². The van der Waals surface area contributed by atoms with Crippen LogP contribution in [0.3, 0.4) is 0 Å². The number of hydrogen-bond donors (Lipinski definition) is 1. The second-order valence-electron chi connectivity index (χ2n) is 7.72. The van der Waals surface area contributed by atoms with Crippen LogP contribution in [0.25, 0.3) is 5.69 Å². The number of carbonyl (C=O) groups excluding carboxylic acids is 1. The third kappa shape index (κ3) is 3.63. The molecule has 2 aromatic carbocycles. The minimum atomic E-state index is -0.192. The van der Waals surface area contributed by atoms with Crippen LogP contribution in [0.1, 0.15) is 24.6 Å². The molecule has 2 aliphatic rings. The smallest absolute Gasteiger partial charge is 0.350 e. The summed E-state index contributed by atoms with van der Waals surface area (Å²) < 4.78 is 13.7. The third-order valence-electron chi connectivity index (χ3n) is 5.66. The van der Waals surface area contributed by atoms with Gasteiger partial charge in [0, 0.05) is 37.8 Å². The molecule has 2 amide bonds. The molecule has 1 aromatic heterocycles. The quantitative estimate of drug-likeness (QED) is 0.702. The third-order valence-corrected chi connectivity index (χ3v) is 5.66. The molecular weight excluding hydrogens is 398 g/mol. The van der Waals surface area contributed by atoms with Crippen LogP contribution in [-0.4, -0.2) is 45.2 Å². The van der Waals surface area contributed by atoms with E-state index in [9.17, 15) is 9.59 Å². The van der Waals surface area contributed by atoms with Gasteiger partial charge in [-0.15, -0.1) is 0 Å². The molecular formula is C22H23N5O4. The van der Waals surface area contributed by atoms with Gasteiger partial charge in [-0.1, -0.05) is 18.2 Å². The van der Waals surface area contributed by atoms with Crippen molar-refractivity contribution >= 4 is 11.7 Å². The van der Waals surface area contributed by atoms with Gasteiger partial charge < -0.3 is 19.7 Å². The molecule has 0 bridgehead atoms. The van der Waals surface area contributed by atoms with E-state index in [1.165, 1.54) is 4.68 Å². The van der Waals surface area contributed by atoms with Gasteiger partial charge >= 0.3 is 11.7 Å². The van der Waals surface area contributed by atoms with E-state index >= 15 is 0 Å². The number of para-hydroxylation sites is 1. The number of anilines is 1. The van der Waals surface area contributed by atoms with Crippen molar-refractivity contribution in [3.8, 4) is 17.2 Å². The second-order valence-corrected chi connectivity index (χ2v) is 7.72. The Morgan fingerprint density at radius 1 is 1.13 bits per heavy atom. The summed E-state index contributed by atoms with van der Waals surface area (Å²) in [6, 6.07) is 14.6. The number of piperidine rings is 1. The van der Waals surface area contributed by atoms with Crippen molar-refractivity contribution in [3.05, 3.63) is 64.8 Å². The Bertz CT molecular complexity index is 1170. The summed E-state index contributed by atoms with van der Waals surface area (Å²) in [4.78, 5) is 27.4. The first kappa shape index (κ1) is 19.2. The number of urea groups is 1. The molecule has 0 spiro atoms. The van der Waals surface area contributed by atoms with Crippen LogP contribution in [0.2, 0.25) is 0 Å². The van der Waals surface area contributed by atoms with E-state index in [1.54, 1.807) is 34.7 Å². The Labute approximate surface area is 178 Å². The average Bonchev–Trinajstić information content (AvgIpc) is 3.38. The van der Waals surface area contributed by atoms with Crippen LogP contribution >= 0.6 is 0 Å². The molecule has 1 atom stereocenters. The predicted octanol–water partition coefficient (Wildman–Crippen LogP) is 2.71. The number of nitrogens with one attached hydrogen (secondary N) is 1. The maximum absolute atomic E-state index is 12.9. The standard InChI is InChI=1S/C22H23N5O4/c1-25-22(29)27(17-7-3-2-4-8-17)20(24-25)15-6-5-11-26(13-15)21(28)23-16-9-10-18-19(12-16)31-14-30-18/h2-4,7-10,12,15H,5-6,11,13-14H2,1H3,(H,23,28). The Kier molecular flexibility index (Phi) is 4.85. The molecule has 1 fully saturated rings. The van der Waals surface area contributed by atoms with E-state index in [2.05, 4.69) is 10.4 Å². The van der Waals surface area contributed by atoms with E-state index < -0.39 is 0 Å². The normalized spacial score (nSPS) is 17.6. The number of fused-ring (bicyclic) bond motifs is 1. The van der Waals surface area contributed by atoms with Crippen LogP contribution in [-0.2, 0) is 7.05 Å². The second kappa shape index (κ2) is 7.82. The summed E-state index contributed by atoms with van der Waals surface area (Å²) in [6.07, 6.45) is 1.69. The van der Waals surface area contributed by atoms with Gasteiger partial charge in [-0.3, -0.25) is 0 Å². The lowest BCUT2D eigenvalue weighted by Gasteiger charge is -2.32. The zero-order valence-electron chi connectivity index (χ0n) is 17.2. The predicted molar refractivity (Wildman–Crippen MR) is 114 cm³/mol. The van der Waals surface area contributed by atoms with Crippen LogP contribution in [0.5, 0.6) is 11.5 Å². The lowest BCUT2D eigenvalue weighted by atomic mass is 9.97.